The number of methoxy groups -OCH3 is 1. The molecule has 0 N–H and O–H groups in total. The van der Waals surface area contributed by atoms with Crippen molar-refractivity contribution in [1.29, 1.82) is 0 Å². The molecule has 1 aromatic heterocycles. The molecular formula is C16H16FNO3. The highest BCUT2D eigenvalue weighted by molar-refractivity contribution is 6.02. The number of carbonyl (C=O) groups excluding carboxylic acids is 1. The SMILES string of the molecule is COC(=O)c1ccc(F)c2cc(C3CCOCC3)cnc12. The zero-order valence-corrected chi connectivity index (χ0v) is 11.8. The fraction of sp³-hybridized carbons (Fsp3) is 0.375. The van der Waals surface area contributed by atoms with Gasteiger partial charge in [0.1, 0.15) is 5.82 Å². The maximum Gasteiger partial charge on any atom is 0.340 e. The van der Waals surface area contributed by atoms with Gasteiger partial charge >= 0.3 is 5.97 Å². The summed E-state index contributed by atoms with van der Waals surface area (Å²) in [6.07, 6.45) is 3.54. The summed E-state index contributed by atoms with van der Waals surface area (Å²) in [5.41, 5.74) is 1.62. The molecule has 3 rings (SSSR count). The molecule has 0 amide bonds. The maximum absolute atomic E-state index is 14.1. The van der Waals surface area contributed by atoms with Crippen molar-refractivity contribution in [2.45, 2.75) is 18.8 Å². The number of aromatic nitrogens is 1. The van der Waals surface area contributed by atoms with E-state index >= 15 is 0 Å². The number of hydrogen-bond donors (Lipinski definition) is 0. The molecule has 110 valence electrons. The monoisotopic (exact) mass is 289 g/mol. The van der Waals surface area contributed by atoms with Crippen LogP contribution in [0.15, 0.2) is 24.4 Å². The molecule has 1 aliphatic heterocycles. The number of nitrogens with zero attached hydrogens (tertiary/aromatic N) is 1. The van der Waals surface area contributed by atoms with E-state index in [2.05, 4.69) is 4.98 Å². The Bertz CT molecular complexity index is 681. The van der Waals surface area contributed by atoms with E-state index < -0.39 is 5.97 Å². The lowest BCUT2D eigenvalue weighted by Crippen LogP contribution is -2.14. The first-order valence-electron chi connectivity index (χ1n) is 6.95. The van der Waals surface area contributed by atoms with Crippen LogP contribution in [0.4, 0.5) is 4.39 Å². The molecule has 4 nitrogen and oxygen atoms in total. The van der Waals surface area contributed by atoms with E-state index in [9.17, 15) is 9.18 Å². The first-order chi connectivity index (χ1) is 10.2. The van der Waals surface area contributed by atoms with E-state index in [0.717, 1.165) is 18.4 Å². The fourth-order valence-electron chi connectivity index (χ4n) is 2.73. The van der Waals surface area contributed by atoms with Crippen LogP contribution in [0, 0.1) is 5.82 Å². The molecule has 0 atom stereocenters. The van der Waals surface area contributed by atoms with Gasteiger partial charge in [-0.2, -0.15) is 0 Å². The molecule has 2 heterocycles. The predicted molar refractivity (Wildman–Crippen MR) is 75.8 cm³/mol. The second-order valence-corrected chi connectivity index (χ2v) is 5.14. The maximum atomic E-state index is 14.1. The van der Waals surface area contributed by atoms with Crippen molar-refractivity contribution in [3.05, 3.63) is 41.3 Å². The molecule has 1 saturated heterocycles. The summed E-state index contributed by atoms with van der Waals surface area (Å²) in [5.74, 6) is -0.554. The van der Waals surface area contributed by atoms with E-state index in [-0.39, 0.29) is 11.4 Å². The summed E-state index contributed by atoms with van der Waals surface area (Å²) < 4.78 is 24.1. The van der Waals surface area contributed by atoms with E-state index in [1.807, 2.05) is 0 Å². The first-order valence-corrected chi connectivity index (χ1v) is 6.95. The van der Waals surface area contributed by atoms with Gasteiger partial charge in [0.15, 0.2) is 0 Å². The van der Waals surface area contributed by atoms with Crippen LogP contribution in [0.3, 0.4) is 0 Å². The Kier molecular flexibility index (Phi) is 3.84. The van der Waals surface area contributed by atoms with Gasteiger partial charge in [-0.3, -0.25) is 4.98 Å². The van der Waals surface area contributed by atoms with Gasteiger partial charge in [0.05, 0.1) is 18.2 Å². The third-order valence-electron chi connectivity index (χ3n) is 3.92. The van der Waals surface area contributed by atoms with Crippen LogP contribution in [-0.4, -0.2) is 31.3 Å². The highest BCUT2D eigenvalue weighted by Gasteiger charge is 2.19. The Morgan fingerprint density at radius 2 is 2.14 bits per heavy atom. The Labute approximate surface area is 121 Å². The number of esters is 1. The third kappa shape index (κ3) is 2.61. The van der Waals surface area contributed by atoms with Crippen molar-refractivity contribution in [3.63, 3.8) is 0 Å². The zero-order valence-electron chi connectivity index (χ0n) is 11.8. The van der Waals surface area contributed by atoms with Crippen LogP contribution in [0.1, 0.15) is 34.7 Å². The van der Waals surface area contributed by atoms with Crippen molar-refractivity contribution in [2.24, 2.45) is 0 Å². The number of rotatable bonds is 2. The lowest BCUT2D eigenvalue weighted by atomic mass is 9.92. The molecule has 0 aliphatic carbocycles. The number of ether oxygens (including phenoxy) is 2. The normalized spacial score (nSPS) is 16.1. The van der Waals surface area contributed by atoms with Gasteiger partial charge in [0.25, 0.3) is 0 Å². The number of fused-ring (bicyclic) bond motifs is 1. The number of benzene rings is 1. The molecule has 0 unspecified atom stereocenters. The topological polar surface area (TPSA) is 48.4 Å². The standard InChI is InChI=1S/C16H16FNO3/c1-20-16(19)12-2-3-14(17)13-8-11(9-18-15(12)13)10-4-6-21-7-5-10/h2-3,8-10H,4-7H2,1H3. The minimum atomic E-state index is -0.508. The van der Waals surface area contributed by atoms with Crippen molar-refractivity contribution in [3.8, 4) is 0 Å². The van der Waals surface area contributed by atoms with Crippen LogP contribution in [-0.2, 0) is 9.47 Å². The van der Waals surface area contributed by atoms with Crippen LogP contribution in [0.25, 0.3) is 10.9 Å². The Morgan fingerprint density at radius 3 is 2.86 bits per heavy atom. The zero-order chi connectivity index (χ0) is 14.8. The average Bonchev–Trinajstić information content (AvgIpc) is 2.55. The molecule has 1 aliphatic rings. The molecule has 2 aromatic rings. The second-order valence-electron chi connectivity index (χ2n) is 5.14. The Morgan fingerprint density at radius 1 is 1.38 bits per heavy atom. The van der Waals surface area contributed by atoms with Crippen molar-refractivity contribution in [2.75, 3.05) is 20.3 Å². The predicted octanol–water partition coefficient (Wildman–Crippen LogP) is 3.05. The smallest absolute Gasteiger partial charge is 0.340 e. The highest BCUT2D eigenvalue weighted by atomic mass is 19.1. The van der Waals surface area contributed by atoms with Crippen molar-refractivity contribution in [1.82, 2.24) is 4.98 Å². The fourth-order valence-corrected chi connectivity index (χ4v) is 2.73. The molecular weight excluding hydrogens is 273 g/mol. The quantitative estimate of drug-likeness (QED) is 0.797. The summed E-state index contributed by atoms with van der Waals surface area (Å²) >= 11 is 0. The van der Waals surface area contributed by atoms with Crippen LogP contribution < -0.4 is 0 Å². The van der Waals surface area contributed by atoms with Crippen molar-refractivity contribution < 1.29 is 18.7 Å². The van der Waals surface area contributed by atoms with Gasteiger partial charge in [0, 0.05) is 24.8 Å². The molecule has 0 bridgehead atoms. The molecule has 0 radical (unpaired) electrons. The van der Waals surface area contributed by atoms with E-state index in [1.165, 1.54) is 19.2 Å². The number of hydrogen-bond acceptors (Lipinski definition) is 4. The van der Waals surface area contributed by atoms with Gasteiger partial charge in [-0.15, -0.1) is 0 Å². The van der Waals surface area contributed by atoms with Crippen LogP contribution in [0.5, 0.6) is 0 Å². The van der Waals surface area contributed by atoms with Gasteiger partial charge < -0.3 is 9.47 Å². The Balaban J connectivity index is 2.08. The third-order valence-corrected chi connectivity index (χ3v) is 3.92. The van der Waals surface area contributed by atoms with Gasteiger partial charge in [-0.25, -0.2) is 9.18 Å². The lowest BCUT2D eigenvalue weighted by molar-refractivity contribution is 0.0602. The number of carbonyl (C=O) groups is 1. The molecule has 0 saturated carbocycles. The molecule has 1 fully saturated rings. The highest BCUT2D eigenvalue weighted by Crippen LogP contribution is 2.30. The molecule has 21 heavy (non-hydrogen) atoms. The van der Waals surface area contributed by atoms with E-state index in [4.69, 9.17) is 9.47 Å². The summed E-state index contributed by atoms with van der Waals surface area (Å²) in [5, 5.41) is 0.363. The molecule has 0 spiro atoms. The molecule has 5 heteroatoms. The summed E-state index contributed by atoms with van der Waals surface area (Å²) in [6.45, 7) is 1.43. The Hall–Kier alpha value is -2.01. The lowest BCUT2D eigenvalue weighted by Gasteiger charge is -2.22. The minimum absolute atomic E-state index is 0.285. The van der Waals surface area contributed by atoms with E-state index in [1.54, 1.807) is 12.3 Å². The van der Waals surface area contributed by atoms with Crippen LogP contribution in [0.2, 0.25) is 0 Å². The summed E-state index contributed by atoms with van der Waals surface area (Å²) in [7, 11) is 1.30. The number of pyridine rings is 1. The van der Waals surface area contributed by atoms with Crippen molar-refractivity contribution >= 4 is 16.9 Å². The summed E-state index contributed by atoms with van der Waals surface area (Å²) in [6, 6.07) is 4.48. The van der Waals surface area contributed by atoms with Gasteiger partial charge in [-0.05, 0) is 42.5 Å². The largest absolute Gasteiger partial charge is 0.465 e. The average molecular weight is 289 g/mol. The minimum Gasteiger partial charge on any atom is -0.465 e. The number of halogens is 1. The van der Waals surface area contributed by atoms with Gasteiger partial charge in [0.2, 0.25) is 0 Å². The van der Waals surface area contributed by atoms with Crippen LogP contribution >= 0.6 is 0 Å². The second kappa shape index (κ2) is 5.77. The van der Waals surface area contributed by atoms with E-state index in [0.29, 0.717) is 30.0 Å². The first kappa shape index (κ1) is 13.9. The van der Waals surface area contributed by atoms with Gasteiger partial charge in [-0.1, -0.05) is 0 Å². The molecule has 1 aromatic carbocycles. The summed E-state index contributed by atoms with van der Waals surface area (Å²) in [4.78, 5) is 16.0.